The number of carbonyl (C=O) groups is 1. The number of carbonyl (C=O) groups excluding carboxylic acids is 1. The number of hydrogen-bond donors (Lipinski definition) is 2. The molecule has 0 radical (unpaired) electrons. The summed E-state index contributed by atoms with van der Waals surface area (Å²) < 4.78 is 15.9. The summed E-state index contributed by atoms with van der Waals surface area (Å²) in [5.74, 6) is 1.80. The van der Waals surface area contributed by atoms with Gasteiger partial charge in [0.05, 0.1) is 0 Å². The van der Waals surface area contributed by atoms with E-state index < -0.39 is 0 Å². The van der Waals surface area contributed by atoms with E-state index >= 15 is 0 Å². The Kier molecular flexibility index (Phi) is 7.60. The third kappa shape index (κ3) is 6.01. The van der Waals surface area contributed by atoms with Gasteiger partial charge in [-0.15, -0.1) is 0 Å². The summed E-state index contributed by atoms with van der Waals surface area (Å²) in [6.45, 7) is 3.01. The van der Waals surface area contributed by atoms with E-state index in [-0.39, 0.29) is 11.7 Å². The number of nitrogens with one attached hydrogen (secondary N) is 2. The van der Waals surface area contributed by atoms with E-state index in [4.69, 9.17) is 12.2 Å². The van der Waals surface area contributed by atoms with Crippen LogP contribution in [0, 0.1) is 17.5 Å². The molecule has 0 fully saturated rings. The normalized spacial score (nSPS) is 10.8. The lowest BCUT2D eigenvalue weighted by Crippen LogP contribution is -2.26. The smallest absolute Gasteiger partial charge is 0.221 e. The van der Waals surface area contributed by atoms with Crippen molar-refractivity contribution in [3.63, 3.8) is 0 Å². The second-order valence-electron chi connectivity index (χ2n) is 6.62. The molecule has 0 spiro atoms. The molecule has 29 heavy (non-hydrogen) atoms. The van der Waals surface area contributed by atoms with Crippen LogP contribution in [0.25, 0.3) is 11.4 Å². The first-order valence-corrected chi connectivity index (χ1v) is 10.9. The topological polar surface area (TPSA) is 62.7 Å². The van der Waals surface area contributed by atoms with E-state index in [0.29, 0.717) is 35.6 Å². The van der Waals surface area contributed by atoms with Gasteiger partial charge in [-0.3, -0.25) is 14.5 Å². The Hall–Kier alpha value is -2.45. The fraction of sp³-hybridized carbons (Fsp3) is 0.286. The number of hydrogen-bond acceptors (Lipinski definition) is 4. The number of aromatic amines is 1. The van der Waals surface area contributed by atoms with Crippen LogP contribution < -0.4 is 5.32 Å². The minimum Gasteiger partial charge on any atom is -0.355 e. The fourth-order valence-corrected chi connectivity index (χ4v) is 3.96. The van der Waals surface area contributed by atoms with Gasteiger partial charge in [-0.1, -0.05) is 42.0 Å². The van der Waals surface area contributed by atoms with Gasteiger partial charge in [0.2, 0.25) is 5.91 Å². The van der Waals surface area contributed by atoms with Crippen LogP contribution in [0.3, 0.4) is 0 Å². The number of thioether (sulfide) groups is 1. The molecule has 2 aromatic carbocycles. The summed E-state index contributed by atoms with van der Waals surface area (Å²) in [5, 5.41) is 10.0. The van der Waals surface area contributed by atoms with Crippen LogP contribution in [0.2, 0.25) is 0 Å². The Morgan fingerprint density at radius 2 is 2.10 bits per heavy atom. The monoisotopic (exact) mass is 430 g/mol. The number of benzene rings is 2. The second-order valence-corrected chi connectivity index (χ2v) is 8.11. The highest BCUT2D eigenvalue weighted by Crippen LogP contribution is 2.19. The Morgan fingerprint density at radius 3 is 2.90 bits per heavy atom. The molecule has 0 bridgehead atoms. The number of aromatic nitrogens is 3. The van der Waals surface area contributed by atoms with E-state index in [9.17, 15) is 9.18 Å². The molecule has 152 valence electrons. The first-order valence-electron chi connectivity index (χ1n) is 9.34. The molecule has 2 N–H and O–H groups in total. The van der Waals surface area contributed by atoms with Crippen molar-refractivity contribution in [2.75, 3.05) is 12.3 Å². The predicted molar refractivity (Wildman–Crippen MR) is 118 cm³/mol. The lowest BCUT2D eigenvalue weighted by Gasteiger charge is -2.09. The summed E-state index contributed by atoms with van der Waals surface area (Å²) in [6, 6.07) is 14.7. The van der Waals surface area contributed by atoms with Gasteiger partial charge >= 0.3 is 0 Å². The largest absolute Gasteiger partial charge is 0.355 e. The van der Waals surface area contributed by atoms with Crippen molar-refractivity contribution >= 4 is 29.9 Å². The van der Waals surface area contributed by atoms with Crippen molar-refractivity contribution in [2.24, 2.45) is 0 Å². The molecule has 0 aliphatic rings. The van der Waals surface area contributed by atoms with Crippen molar-refractivity contribution in [1.82, 2.24) is 20.1 Å². The van der Waals surface area contributed by atoms with Gasteiger partial charge in [0.25, 0.3) is 0 Å². The number of amides is 1. The summed E-state index contributed by atoms with van der Waals surface area (Å²) in [4.78, 5) is 12.2. The van der Waals surface area contributed by atoms with E-state index in [2.05, 4.69) is 15.5 Å². The fourth-order valence-electron chi connectivity index (χ4n) is 2.89. The van der Waals surface area contributed by atoms with Gasteiger partial charge < -0.3 is 5.32 Å². The van der Waals surface area contributed by atoms with Crippen LogP contribution in [-0.2, 0) is 17.1 Å². The molecule has 3 rings (SSSR count). The molecular formula is C21H23FN4OS2. The first-order chi connectivity index (χ1) is 14.0. The van der Waals surface area contributed by atoms with Crippen molar-refractivity contribution in [3.05, 3.63) is 70.2 Å². The zero-order valence-electron chi connectivity index (χ0n) is 16.2. The molecule has 1 amide bonds. The first kappa shape index (κ1) is 21.3. The third-order valence-electron chi connectivity index (χ3n) is 4.38. The number of halogens is 1. The molecule has 0 aliphatic heterocycles. The highest BCUT2D eigenvalue weighted by Gasteiger charge is 2.11. The maximum atomic E-state index is 13.6. The lowest BCUT2D eigenvalue weighted by molar-refractivity contribution is -0.121. The maximum Gasteiger partial charge on any atom is 0.221 e. The van der Waals surface area contributed by atoms with E-state index in [1.165, 1.54) is 6.07 Å². The maximum absolute atomic E-state index is 13.6. The summed E-state index contributed by atoms with van der Waals surface area (Å²) in [5.41, 5.74) is 2.78. The van der Waals surface area contributed by atoms with Gasteiger partial charge in [0, 0.05) is 36.6 Å². The van der Waals surface area contributed by atoms with Crippen LogP contribution in [0.4, 0.5) is 4.39 Å². The van der Waals surface area contributed by atoms with Gasteiger partial charge in [0.15, 0.2) is 10.6 Å². The van der Waals surface area contributed by atoms with Crippen molar-refractivity contribution in [1.29, 1.82) is 0 Å². The third-order valence-corrected chi connectivity index (χ3v) is 5.70. The minimum atomic E-state index is -0.190. The standard InChI is InChI=1S/C21H23FN4OS2/c1-15-5-4-7-16(13-15)20-24-25-21(28)26(20)11-9-19(27)23-10-12-29-14-17-6-2-3-8-18(17)22/h2-8,13H,9-12,14H2,1H3,(H,23,27)(H,25,28). The molecule has 1 aromatic heterocycles. The summed E-state index contributed by atoms with van der Waals surface area (Å²) in [6.07, 6.45) is 0.310. The van der Waals surface area contributed by atoms with Crippen molar-refractivity contribution in [3.8, 4) is 11.4 Å². The minimum absolute atomic E-state index is 0.0465. The summed E-state index contributed by atoms with van der Waals surface area (Å²) in [7, 11) is 0. The second kappa shape index (κ2) is 10.4. The predicted octanol–water partition coefficient (Wildman–Crippen LogP) is 4.49. The van der Waals surface area contributed by atoms with E-state index in [1.54, 1.807) is 23.9 Å². The summed E-state index contributed by atoms with van der Waals surface area (Å²) >= 11 is 6.91. The Labute approximate surface area is 178 Å². The zero-order valence-corrected chi connectivity index (χ0v) is 17.8. The van der Waals surface area contributed by atoms with Crippen LogP contribution in [-0.4, -0.2) is 33.0 Å². The van der Waals surface area contributed by atoms with E-state index in [0.717, 1.165) is 22.7 Å². The van der Waals surface area contributed by atoms with Gasteiger partial charge in [0.1, 0.15) is 5.82 Å². The molecule has 0 saturated heterocycles. The van der Waals surface area contributed by atoms with E-state index in [1.807, 2.05) is 41.8 Å². The van der Waals surface area contributed by atoms with Crippen LogP contribution in [0.5, 0.6) is 0 Å². The molecule has 3 aromatic rings. The lowest BCUT2D eigenvalue weighted by atomic mass is 10.1. The van der Waals surface area contributed by atoms with Gasteiger partial charge in [-0.2, -0.15) is 16.9 Å². The Balaban J connectivity index is 1.45. The van der Waals surface area contributed by atoms with Crippen LogP contribution in [0.15, 0.2) is 48.5 Å². The molecule has 8 heteroatoms. The zero-order chi connectivity index (χ0) is 20.6. The van der Waals surface area contributed by atoms with Crippen molar-refractivity contribution < 1.29 is 9.18 Å². The average molecular weight is 431 g/mol. The average Bonchev–Trinajstić information content (AvgIpc) is 3.08. The SMILES string of the molecule is Cc1cccc(-c2n[nH]c(=S)n2CCC(=O)NCCSCc2ccccc2F)c1. The molecule has 0 atom stereocenters. The number of rotatable bonds is 9. The molecule has 5 nitrogen and oxygen atoms in total. The van der Waals surface area contributed by atoms with Crippen molar-refractivity contribution in [2.45, 2.75) is 25.6 Å². The Morgan fingerprint density at radius 1 is 1.28 bits per heavy atom. The number of nitrogens with zero attached hydrogens (tertiary/aromatic N) is 2. The quantitative estimate of drug-likeness (QED) is 0.388. The Bertz CT molecular complexity index is 1030. The molecule has 0 aliphatic carbocycles. The number of aryl methyl sites for hydroxylation is 1. The molecule has 0 saturated carbocycles. The van der Waals surface area contributed by atoms with Crippen LogP contribution in [0.1, 0.15) is 17.5 Å². The van der Waals surface area contributed by atoms with Gasteiger partial charge in [-0.25, -0.2) is 4.39 Å². The molecular weight excluding hydrogens is 407 g/mol. The molecule has 1 heterocycles. The molecule has 0 unspecified atom stereocenters. The van der Waals surface area contributed by atoms with Gasteiger partial charge in [-0.05, 0) is 36.8 Å². The number of H-pyrrole nitrogens is 1. The highest BCUT2D eigenvalue weighted by atomic mass is 32.2. The van der Waals surface area contributed by atoms with Crippen LogP contribution >= 0.6 is 24.0 Å². The highest BCUT2D eigenvalue weighted by molar-refractivity contribution is 7.98.